The van der Waals surface area contributed by atoms with E-state index >= 15 is 0 Å². The second-order valence-electron chi connectivity index (χ2n) is 3.03. The topological polar surface area (TPSA) is 0 Å². The Morgan fingerprint density at radius 3 is 2.91 bits per heavy atom. The third kappa shape index (κ3) is 2.90. The zero-order valence-corrected chi connectivity index (χ0v) is 9.14. The second-order valence-corrected chi connectivity index (χ2v) is 5.69. The van der Waals surface area contributed by atoms with Gasteiger partial charge < -0.3 is 0 Å². The van der Waals surface area contributed by atoms with Crippen LogP contribution in [-0.2, 0) is 0 Å². The first kappa shape index (κ1) is 9.79. The maximum absolute atomic E-state index is 2.33. The minimum Gasteiger partial charge on any atom is -0.162 e. The Morgan fingerprint density at radius 1 is 1.45 bits per heavy atom. The Morgan fingerprint density at radius 2 is 2.27 bits per heavy atom. The average Bonchev–Trinajstić information content (AvgIpc) is 2.06. The van der Waals surface area contributed by atoms with Crippen LogP contribution in [0.5, 0.6) is 0 Å². The van der Waals surface area contributed by atoms with Gasteiger partial charge in [-0.2, -0.15) is 23.5 Å². The van der Waals surface area contributed by atoms with Gasteiger partial charge in [-0.05, 0) is 29.6 Å². The van der Waals surface area contributed by atoms with Crippen molar-refractivity contribution in [2.24, 2.45) is 5.92 Å². The van der Waals surface area contributed by atoms with Gasteiger partial charge in [-0.1, -0.05) is 20.3 Å². The van der Waals surface area contributed by atoms with Crippen LogP contribution in [0.15, 0.2) is 0 Å². The molecule has 0 aliphatic carbocycles. The predicted octanol–water partition coefficient (Wildman–Crippen LogP) is 3.27. The average molecular weight is 190 g/mol. The Balaban J connectivity index is 2.31. The molecule has 1 aliphatic heterocycles. The minimum absolute atomic E-state index is 0.978. The van der Waals surface area contributed by atoms with Crippen LogP contribution in [0.3, 0.4) is 0 Å². The van der Waals surface area contributed by atoms with E-state index in [2.05, 4.69) is 37.4 Å². The van der Waals surface area contributed by atoms with Crippen LogP contribution >= 0.6 is 23.5 Å². The van der Waals surface area contributed by atoms with E-state index < -0.39 is 0 Å². The van der Waals surface area contributed by atoms with Crippen LogP contribution in [0.4, 0.5) is 0 Å². The highest BCUT2D eigenvalue weighted by Gasteiger charge is 2.23. The fraction of sp³-hybridized carbons (Fsp3) is 1.00. The molecular formula is C9H18S2. The summed E-state index contributed by atoms with van der Waals surface area (Å²) >= 11 is 4.32. The summed E-state index contributed by atoms with van der Waals surface area (Å²) in [4.78, 5) is 0. The molecule has 0 aromatic heterocycles. The first-order chi connectivity index (χ1) is 5.38. The van der Waals surface area contributed by atoms with Crippen molar-refractivity contribution >= 4 is 23.5 Å². The number of hydrogen-bond donors (Lipinski definition) is 0. The summed E-state index contributed by atoms with van der Waals surface area (Å²) in [5.74, 6) is 5.10. The number of rotatable bonds is 3. The van der Waals surface area contributed by atoms with Crippen LogP contribution in [-0.4, -0.2) is 22.5 Å². The van der Waals surface area contributed by atoms with Crippen molar-refractivity contribution in [2.45, 2.75) is 31.9 Å². The number of hydrogen-bond acceptors (Lipinski definition) is 2. The number of thioether (sulfide) groups is 2. The molecule has 0 spiro atoms. The Bertz CT molecular complexity index is 102. The molecule has 2 heteroatoms. The van der Waals surface area contributed by atoms with E-state index in [0.29, 0.717) is 0 Å². The van der Waals surface area contributed by atoms with Crippen molar-refractivity contribution < 1.29 is 0 Å². The Kier molecular flexibility index (Phi) is 4.77. The van der Waals surface area contributed by atoms with Gasteiger partial charge in [-0.3, -0.25) is 0 Å². The van der Waals surface area contributed by atoms with Gasteiger partial charge >= 0.3 is 0 Å². The highest BCUT2D eigenvalue weighted by molar-refractivity contribution is 8.01. The summed E-state index contributed by atoms with van der Waals surface area (Å²) < 4.78 is 0. The van der Waals surface area contributed by atoms with Gasteiger partial charge in [-0.25, -0.2) is 0 Å². The van der Waals surface area contributed by atoms with Crippen molar-refractivity contribution in [1.29, 1.82) is 0 Å². The molecule has 1 heterocycles. The fourth-order valence-corrected chi connectivity index (χ4v) is 4.49. The largest absolute Gasteiger partial charge is 0.162 e. The van der Waals surface area contributed by atoms with E-state index in [1.807, 2.05) is 0 Å². The summed E-state index contributed by atoms with van der Waals surface area (Å²) in [6.07, 6.45) is 2.83. The fourth-order valence-electron chi connectivity index (χ4n) is 1.59. The van der Waals surface area contributed by atoms with Crippen LogP contribution in [0.1, 0.15) is 26.7 Å². The van der Waals surface area contributed by atoms with E-state index in [9.17, 15) is 0 Å². The summed E-state index contributed by atoms with van der Waals surface area (Å²) in [7, 11) is 0. The molecule has 0 aromatic rings. The lowest BCUT2D eigenvalue weighted by molar-refractivity contribution is 0.523. The molecule has 0 nitrogen and oxygen atoms in total. The molecule has 66 valence electrons. The summed E-state index contributed by atoms with van der Waals surface area (Å²) in [5, 5.41) is 0.978. The summed E-state index contributed by atoms with van der Waals surface area (Å²) in [6.45, 7) is 4.61. The van der Waals surface area contributed by atoms with E-state index in [-0.39, 0.29) is 0 Å². The highest BCUT2D eigenvalue weighted by atomic mass is 32.2. The molecule has 0 radical (unpaired) electrons. The van der Waals surface area contributed by atoms with Gasteiger partial charge in [0.1, 0.15) is 0 Å². The standard InChI is InChI=1S/C9H18S2/c1-3-8-7-10-6-5-9(8)11-4-2/h8-9H,3-7H2,1-2H3. The molecule has 2 atom stereocenters. The molecule has 0 amide bonds. The van der Waals surface area contributed by atoms with Gasteiger partial charge in [0.05, 0.1) is 0 Å². The first-order valence-electron chi connectivity index (χ1n) is 4.57. The Hall–Kier alpha value is 0.700. The maximum atomic E-state index is 2.33. The Labute approximate surface area is 78.9 Å². The minimum atomic E-state index is 0.978. The lowest BCUT2D eigenvalue weighted by Gasteiger charge is -2.29. The van der Waals surface area contributed by atoms with Crippen molar-refractivity contribution in [3.63, 3.8) is 0 Å². The summed E-state index contributed by atoms with van der Waals surface area (Å²) in [6, 6.07) is 0. The predicted molar refractivity (Wildman–Crippen MR) is 57.6 cm³/mol. The second kappa shape index (κ2) is 5.36. The van der Waals surface area contributed by atoms with Crippen molar-refractivity contribution in [3.05, 3.63) is 0 Å². The molecule has 2 unspecified atom stereocenters. The van der Waals surface area contributed by atoms with Gasteiger partial charge in [0, 0.05) is 5.25 Å². The van der Waals surface area contributed by atoms with Gasteiger partial charge in [0.25, 0.3) is 0 Å². The molecule has 0 saturated carbocycles. The SMILES string of the molecule is CCSC1CCSCC1CC. The van der Waals surface area contributed by atoms with Gasteiger partial charge in [-0.15, -0.1) is 0 Å². The highest BCUT2D eigenvalue weighted by Crippen LogP contribution is 2.33. The quantitative estimate of drug-likeness (QED) is 0.670. The van der Waals surface area contributed by atoms with Crippen LogP contribution in [0.2, 0.25) is 0 Å². The molecule has 1 aliphatic rings. The van der Waals surface area contributed by atoms with Crippen molar-refractivity contribution in [2.75, 3.05) is 17.3 Å². The first-order valence-corrected chi connectivity index (χ1v) is 6.78. The lowest BCUT2D eigenvalue weighted by Crippen LogP contribution is -2.24. The van der Waals surface area contributed by atoms with E-state index in [4.69, 9.17) is 0 Å². The third-order valence-electron chi connectivity index (χ3n) is 2.31. The molecule has 0 aromatic carbocycles. The van der Waals surface area contributed by atoms with Gasteiger partial charge in [0.15, 0.2) is 0 Å². The van der Waals surface area contributed by atoms with Crippen LogP contribution < -0.4 is 0 Å². The van der Waals surface area contributed by atoms with E-state index in [0.717, 1.165) is 11.2 Å². The lowest BCUT2D eigenvalue weighted by atomic mass is 10.0. The molecule has 0 N–H and O–H groups in total. The molecule has 11 heavy (non-hydrogen) atoms. The van der Waals surface area contributed by atoms with E-state index in [1.54, 1.807) is 0 Å². The molecule has 1 rings (SSSR count). The third-order valence-corrected chi connectivity index (χ3v) is 4.88. The van der Waals surface area contributed by atoms with E-state index in [1.165, 1.54) is 30.1 Å². The van der Waals surface area contributed by atoms with Crippen molar-refractivity contribution in [1.82, 2.24) is 0 Å². The van der Waals surface area contributed by atoms with Crippen LogP contribution in [0, 0.1) is 5.92 Å². The van der Waals surface area contributed by atoms with Gasteiger partial charge in [0.2, 0.25) is 0 Å². The van der Waals surface area contributed by atoms with Crippen molar-refractivity contribution in [3.8, 4) is 0 Å². The molecule has 1 saturated heterocycles. The maximum Gasteiger partial charge on any atom is 0.00908 e. The monoisotopic (exact) mass is 190 g/mol. The molecule has 0 bridgehead atoms. The smallest absolute Gasteiger partial charge is 0.00908 e. The normalized spacial score (nSPS) is 32.2. The zero-order chi connectivity index (χ0) is 8.10. The molecule has 1 fully saturated rings. The molecular weight excluding hydrogens is 172 g/mol. The zero-order valence-electron chi connectivity index (χ0n) is 7.51. The summed E-state index contributed by atoms with van der Waals surface area (Å²) in [5.41, 5.74) is 0. The van der Waals surface area contributed by atoms with Crippen LogP contribution in [0.25, 0.3) is 0 Å².